The van der Waals surface area contributed by atoms with Crippen molar-refractivity contribution in [2.24, 2.45) is 0 Å². The molecule has 0 bridgehead atoms. The first-order valence-electron chi connectivity index (χ1n) is 6.68. The van der Waals surface area contributed by atoms with Crippen molar-refractivity contribution in [3.63, 3.8) is 0 Å². The van der Waals surface area contributed by atoms with Crippen LogP contribution in [0.15, 0.2) is 53.4 Å². The number of hydrogen-bond donors (Lipinski definition) is 0. The van der Waals surface area contributed by atoms with E-state index < -0.39 is 0 Å². The number of halogens is 1. The summed E-state index contributed by atoms with van der Waals surface area (Å²) >= 11 is 7.88. The summed E-state index contributed by atoms with van der Waals surface area (Å²) < 4.78 is 0. The third-order valence-electron chi connectivity index (χ3n) is 2.99. The number of benzene rings is 2. The molecule has 0 fully saturated rings. The number of para-hydroxylation sites is 1. The second-order valence-electron chi connectivity index (χ2n) is 4.32. The summed E-state index contributed by atoms with van der Waals surface area (Å²) in [4.78, 5) is 16.0. The Morgan fingerprint density at radius 3 is 2.50 bits per heavy atom. The van der Waals surface area contributed by atoms with Crippen LogP contribution < -0.4 is 5.06 Å². The standard InChI is InChI=1S/C16H18ClNO3S/c1-19-18(12-21-20-2)15-9-5-3-7-13(15)11-22-16-10-6-4-8-14(16)17/h3-10H,11-12H2,1-2H3. The highest BCUT2D eigenvalue weighted by molar-refractivity contribution is 7.98. The van der Waals surface area contributed by atoms with Gasteiger partial charge in [-0.05, 0) is 23.8 Å². The second kappa shape index (κ2) is 9.02. The minimum absolute atomic E-state index is 0.181. The first-order valence-corrected chi connectivity index (χ1v) is 8.05. The maximum Gasteiger partial charge on any atom is 0.178 e. The van der Waals surface area contributed by atoms with E-state index in [9.17, 15) is 0 Å². The molecule has 0 N–H and O–H groups in total. The average molecular weight is 340 g/mol. The second-order valence-corrected chi connectivity index (χ2v) is 5.75. The molecule has 118 valence electrons. The zero-order chi connectivity index (χ0) is 15.8. The molecule has 0 saturated carbocycles. The lowest BCUT2D eigenvalue weighted by molar-refractivity contribution is -0.280. The Balaban J connectivity index is 2.12. The Morgan fingerprint density at radius 1 is 1.05 bits per heavy atom. The van der Waals surface area contributed by atoms with Crippen molar-refractivity contribution in [3.05, 3.63) is 59.1 Å². The van der Waals surface area contributed by atoms with E-state index in [-0.39, 0.29) is 6.73 Å². The van der Waals surface area contributed by atoms with E-state index >= 15 is 0 Å². The minimum Gasteiger partial charge on any atom is -0.274 e. The number of nitrogens with zero attached hydrogens (tertiary/aromatic N) is 1. The molecule has 0 radical (unpaired) electrons. The smallest absolute Gasteiger partial charge is 0.178 e. The van der Waals surface area contributed by atoms with Crippen LogP contribution in [0.2, 0.25) is 5.02 Å². The first-order chi connectivity index (χ1) is 10.8. The lowest BCUT2D eigenvalue weighted by Gasteiger charge is -2.23. The van der Waals surface area contributed by atoms with Gasteiger partial charge in [-0.15, -0.1) is 11.8 Å². The van der Waals surface area contributed by atoms with Crippen molar-refractivity contribution in [2.75, 3.05) is 26.0 Å². The van der Waals surface area contributed by atoms with E-state index in [4.69, 9.17) is 21.3 Å². The highest BCUT2D eigenvalue weighted by atomic mass is 35.5. The van der Waals surface area contributed by atoms with Crippen LogP contribution in [0.1, 0.15) is 5.56 Å². The van der Waals surface area contributed by atoms with Gasteiger partial charge in [-0.2, -0.15) is 0 Å². The van der Waals surface area contributed by atoms with Gasteiger partial charge in [0.1, 0.15) is 0 Å². The maximum absolute atomic E-state index is 6.20. The van der Waals surface area contributed by atoms with Crippen molar-refractivity contribution in [2.45, 2.75) is 10.6 Å². The van der Waals surface area contributed by atoms with E-state index in [0.29, 0.717) is 0 Å². The molecule has 22 heavy (non-hydrogen) atoms. The average Bonchev–Trinajstić information content (AvgIpc) is 2.56. The van der Waals surface area contributed by atoms with Crippen LogP contribution in [-0.2, 0) is 20.4 Å². The van der Waals surface area contributed by atoms with Gasteiger partial charge in [0.2, 0.25) is 0 Å². The van der Waals surface area contributed by atoms with E-state index in [1.54, 1.807) is 23.9 Å². The van der Waals surface area contributed by atoms with E-state index in [1.807, 2.05) is 42.5 Å². The van der Waals surface area contributed by atoms with Gasteiger partial charge in [-0.3, -0.25) is 4.84 Å². The molecule has 0 amide bonds. The normalized spacial score (nSPS) is 10.7. The fourth-order valence-corrected chi connectivity index (χ4v) is 3.15. The van der Waals surface area contributed by atoms with Crippen molar-refractivity contribution < 1.29 is 14.6 Å². The lowest BCUT2D eigenvalue weighted by Crippen LogP contribution is -2.25. The summed E-state index contributed by atoms with van der Waals surface area (Å²) in [5.41, 5.74) is 2.05. The zero-order valence-corrected chi connectivity index (χ0v) is 14.1. The third kappa shape index (κ3) is 4.63. The van der Waals surface area contributed by atoms with E-state index in [1.165, 1.54) is 7.11 Å². The van der Waals surface area contributed by atoms with Crippen LogP contribution in [0.25, 0.3) is 0 Å². The Bertz CT molecular complexity index is 597. The molecular formula is C16H18ClNO3S. The number of anilines is 1. The molecule has 0 aliphatic rings. The predicted molar refractivity (Wildman–Crippen MR) is 89.9 cm³/mol. The van der Waals surface area contributed by atoms with Crippen molar-refractivity contribution >= 4 is 29.1 Å². The summed E-state index contributed by atoms with van der Waals surface area (Å²) in [5.74, 6) is 0.771. The fourth-order valence-electron chi connectivity index (χ4n) is 1.91. The zero-order valence-electron chi connectivity index (χ0n) is 12.5. The van der Waals surface area contributed by atoms with Gasteiger partial charge in [0.25, 0.3) is 0 Å². The molecule has 6 heteroatoms. The van der Waals surface area contributed by atoms with Gasteiger partial charge in [0.15, 0.2) is 6.73 Å². The molecule has 0 heterocycles. The Labute approximate surface area is 139 Å². The van der Waals surface area contributed by atoms with Gasteiger partial charge in [-0.25, -0.2) is 14.8 Å². The van der Waals surface area contributed by atoms with Crippen LogP contribution in [0.4, 0.5) is 5.69 Å². The molecule has 0 unspecified atom stereocenters. The monoisotopic (exact) mass is 339 g/mol. The summed E-state index contributed by atoms with van der Waals surface area (Å²) in [6.07, 6.45) is 0. The molecule has 0 aliphatic heterocycles. The van der Waals surface area contributed by atoms with Gasteiger partial charge in [0.05, 0.1) is 24.9 Å². The number of hydrogen-bond acceptors (Lipinski definition) is 5. The molecule has 0 atom stereocenters. The molecule has 2 rings (SSSR count). The molecule has 0 aliphatic carbocycles. The third-order valence-corrected chi connectivity index (χ3v) is 4.55. The molecule has 2 aromatic carbocycles. The Hall–Kier alpha value is -1.24. The van der Waals surface area contributed by atoms with Crippen molar-refractivity contribution in [3.8, 4) is 0 Å². The maximum atomic E-state index is 6.20. The molecule has 0 saturated heterocycles. The van der Waals surface area contributed by atoms with Gasteiger partial charge in [-0.1, -0.05) is 41.9 Å². The van der Waals surface area contributed by atoms with Crippen molar-refractivity contribution in [1.82, 2.24) is 0 Å². The first kappa shape index (κ1) is 17.1. The molecular weight excluding hydrogens is 322 g/mol. The highest BCUT2D eigenvalue weighted by Crippen LogP contribution is 2.32. The topological polar surface area (TPSA) is 30.9 Å². The summed E-state index contributed by atoms with van der Waals surface area (Å²) in [6.45, 7) is 0.181. The molecule has 2 aromatic rings. The van der Waals surface area contributed by atoms with E-state index in [2.05, 4.69) is 11.0 Å². The minimum atomic E-state index is 0.181. The highest BCUT2D eigenvalue weighted by Gasteiger charge is 2.12. The van der Waals surface area contributed by atoms with Crippen LogP contribution >= 0.6 is 23.4 Å². The van der Waals surface area contributed by atoms with Gasteiger partial charge < -0.3 is 0 Å². The van der Waals surface area contributed by atoms with Crippen LogP contribution in [-0.4, -0.2) is 21.0 Å². The SMILES string of the molecule is COOCN(OC)c1ccccc1CSc1ccccc1Cl. The summed E-state index contributed by atoms with van der Waals surface area (Å²) in [6, 6.07) is 15.8. The Morgan fingerprint density at radius 2 is 1.77 bits per heavy atom. The lowest BCUT2D eigenvalue weighted by atomic mass is 10.2. The van der Waals surface area contributed by atoms with Crippen LogP contribution in [0.5, 0.6) is 0 Å². The summed E-state index contributed by atoms with van der Waals surface area (Å²) in [5, 5.41) is 2.39. The van der Waals surface area contributed by atoms with E-state index in [0.717, 1.165) is 26.9 Å². The van der Waals surface area contributed by atoms with Crippen LogP contribution in [0, 0.1) is 0 Å². The van der Waals surface area contributed by atoms with Crippen molar-refractivity contribution in [1.29, 1.82) is 0 Å². The van der Waals surface area contributed by atoms with Gasteiger partial charge >= 0.3 is 0 Å². The predicted octanol–water partition coefficient (Wildman–Crippen LogP) is 4.54. The quantitative estimate of drug-likeness (QED) is 0.305. The fraction of sp³-hybridized carbons (Fsp3) is 0.250. The molecule has 0 aromatic heterocycles. The molecule has 4 nitrogen and oxygen atoms in total. The largest absolute Gasteiger partial charge is 0.274 e. The summed E-state index contributed by atoms with van der Waals surface area (Å²) in [7, 11) is 3.06. The molecule has 0 spiro atoms. The van der Waals surface area contributed by atoms with Gasteiger partial charge in [0, 0.05) is 10.6 Å². The van der Waals surface area contributed by atoms with Crippen LogP contribution in [0.3, 0.4) is 0 Å². The number of rotatable bonds is 8. The number of hydroxylamine groups is 1. The Kier molecular flexibility index (Phi) is 7.02. The number of thioether (sulfide) groups is 1.